The molecular weight excluding hydrogens is 473 g/mol. The van der Waals surface area contributed by atoms with E-state index >= 15 is 0 Å². The molecule has 0 aliphatic carbocycles. The third kappa shape index (κ3) is 4.54. The van der Waals surface area contributed by atoms with Gasteiger partial charge in [-0.25, -0.2) is 14.2 Å². The van der Waals surface area contributed by atoms with Crippen molar-refractivity contribution in [1.82, 2.24) is 19.4 Å². The molecule has 0 bridgehead atoms. The lowest BCUT2D eigenvalue weighted by molar-refractivity contribution is 0.0746. The summed E-state index contributed by atoms with van der Waals surface area (Å²) >= 11 is 5.99. The van der Waals surface area contributed by atoms with Crippen molar-refractivity contribution in [2.45, 2.75) is 6.54 Å². The Morgan fingerprint density at radius 3 is 2.57 bits per heavy atom. The van der Waals surface area contributed by atoms with Gasteiger partial charge in [0.15, 0.2) is 0 Å². The van der Waals surface area contributed by atoms with Crippen LogP contribution in [0.3, 0.4) is 0 Å². The van der Waals surface area contributed by atoms with Crippen LogP contribution >= 0.6 is 11.6 Å². The molecule has 0 saturated carbocycles. The zero-order valence-electron chi connectivity index (χ0n) is 18.6. The zero-order valence-corrected chi connectivity index (χ0v) is 19.3. The van der Waals surface area contributed by atoms with Crippen LogP contribution < -0.4 is 16.1 Å². The van der Waals surface area contributed by atoms with Crippen molar-refractivity contribution in [2.75, 3.05) is 31.1 Å². The summed E-state index contributed by atoms with van der Waals surface area (Å²) in [5, 5.41) is 0.561. The number of amides is 1. The Bertz CT molecular complexity index is 1530. The highest BCUT2D eigenvalue weighted by atomic mass is 35.5. The van der Waals surface area contributed by atoms with E-state index in [0.717, 1.165) is 5.82 Å². The first-order valence-corrected chi connectivity index (χ1v) is 11.4. The number of anilines is 1. The van der Waals surface area contributed by atoms with Crippen molar-refractivity contribution in [3.8, 4) is 0 Å². The minimum absolute atomic E-state index is 0.159. The Morgan fingerprint density at radius 1 is 1.03 bits per heavy atom. The molecule has 3 heterocycles. The molecule has 10 heteroatoms. The molecule has 1 saturated heterocycles. The highest BCUT2D eigenvalue weighted by Crippen LogP contribution is 2.19. The van der Waals surface area contributed by atoms with Gasteiger partial charge in [0.05, 0.1) is 17.4 Å². The zero-order chi connectivity index (χ0) is 24.5. The normalized spacial score (nSPS) is 13.9. The van der Waals surface area contributed by atoms with Crippen molar-refractivity contribution < 1.29 is 9.18 Å². The number of aromatic nitrogens is 3. The number of benzene rings is 2. The molecule has 4 aromatic rings. The number of H-pyrrole nitrogens is 1. The molecule has 1 fully saturated rings. The molecule has 0 atom stereocenters. The second-order valence-corrected chi connectivity index (χ2v) is 8.72. The number of fused-ring (bicyclic) bond motifs is 1. The fraction of sp³-hybridized carbons (Fsp3) is 0.200. The summed E-state index contributed by atoms with van der Waals surface area (Å²) in [5.41, 5.74) is -0.430. The van der Waals surface area contributed by atoms with Crippen LogP contribution in [0.4, 0.5) is 10.2 Å². The van der Waals surface area contributed by atoms with Crippen LogP contribution in [0.25, 0.3) is 10.9 Å². The SMILES string of the molecule is O=C(c1ccc(F)c(Cn2c(=O)[nH]c(=O)c3cc(Cl)ccc32)c1)N1CCN(c2ccccn2)CC1. The van der Waals surface area contributed by atoms with E-state index in [1.165, 1.54) is 28.8 Å². The largest absolute Gasteiger partial charge is 0.353 e. The lowest BCUT2D eigenvalue weighted by Gasteiger charge is -2.35. The molecule has 1 aliphatic rings. The van der Waals surface area contributed by atoms with Gasteiger partial charge in [0.25, 0.3) is 11.5 Å². The van der Waals surface area contributed by atoms with Gasteiger partial charge in [-0.1, -0.05) is 17.7 Å². The summed E-state index contributed by atoms with van der Waals surface area (Å²) in [6.45, 7) is 2.13. The molecule has 1 amide bonds. The molecule has 1 aliphatic heterocycles. The smallest absolute Gasteiger partial charge is 0.329 e. The molecule has 5 rings (SSSR count). The Balaban J connectivity index is 1.39. The average molecular weight is 494 g/mol. The first-order valence-electron chi connectivity index (χ1n) is 11.1. The van der Waals surface area contributed by atoms with E-state index in [4.69, 9.17) is 11.6 Å². The van der Waals surface area contributed by atoms with E-state index in [1.54, 1.807) is 23.2 Å². The highest BCUT2D eigenvalue weighted by molar-refractivity contribution is 6.31. The summed E-state index contributed by atoms with van der Waals surface area (Å²) in [5.74, 6) is 0.0997. The van der Waals surface area contributed by atoms with E-state index in [9.17, 15) is 18.8 Å². The minimum atomic E-state index is -0.674. The summed E-state index contributed by atoms with van der Waals surface area (Å²) < 4.78 is 16.0. The van der Waals surface area contributed by atoms with Crippen LogP contribution in [0.1, 0.15) is 15.9 Å². The van der Waals surface area contributed by atoms with Crippen molar-refractivity contribution in [1.29, 1.82) is 0 Å². The molecule has 1 N–H and O–H groups in total. The van der Waals surface area contributed by atoms with Crippen molar-refractivity contribution in [3.05, 3.63) is 104 Å². The number of piperazine rings is 1. The molecule has 35 heavy (non-hydrogen) atoms. The van der Waals surface area contributed by atoms with E-state index in [1.807, 2.05) is 18.2 Å². The maximum atomic E-state index is 14.7. The number of aromatic amines is 1. The van der Waals surface area contributed by atoms with Gasteiger partial charge in [-0.3, -0.25) is 19.1 Å². The second-order valence-electron chi connectivity index (χ2n) is 8.28. The van der Waals surface area contributed by atoms with Crippen LogP contribution in [0.15, 0.2) is 70.4 Å². The average Bonchev–Trinajstić information content (AvgIpc) is 2.88. The number of hydrogen-bond donors (Lipinski definition) is 1. The number of nitrogens with zero attached hydrogens (tertiary/aromatic N) is 4. The number of nitrogens with one attached hydrogen (secondary N) is 1. The molecule has 178 valence electrons. The van der Waals surface area contributed by atoms with Gasteiger partial charge < -0.3 is 9.80 Å². The number of carbonyl (C=O) groups excluding carboxylic acids is 1. The summed E-state index contributed by atoms with van der Waals surface area (Å²) in [6, 6.07) is 14.4. The van der Waals surface area contributed by atoms with Gasteiger partial charge in [-0.15, -0.1) is 0 Å². The Labute approximate surface area is 204 Å². The number of hydrogen-bond acceptors (Lipinski definition) is 5. The van der Waals surface area contributed by atoms with E-state index in [0.29, 0.717) is 42.3 Å². The first kappa shape index (κ1) is 22.8. The highest BCUT2D eigenvalue weighted by Gasteiger charge is 2.23. The lowest BCUT2D eigenvalue weighted by atomic mass is 10.1. The maximum Gasteiger partial charge on any atom is 0.329 e. The number of rotatable bonds is 4. The predicted molar refractivity (Wildman–Crippen MR) is 132 cm³/mol. The lowest BCUT2D eigenvalue weighted by Crippen LogP contribution is -2.49. The summed E-state index contributed by atoms with van der Waals surface area (Å²) in [6.07, 6.45) is 1.73. The molecule has 0 spiro atoms. The van der Waals surface area contributed by atoms with Crippen molar-refractivity contribution >= 4 is 34.2 Å². The summed E-state index contributed by atoms with van der Waals surface area (Å²) in [4.78, 5) is 48.3. The fourth-order valence-corrected chi connectivity index (χ4v) is 4.46. The van der Waals surface area contributed by atoms with E-state index in [2.05, 4.69) is 14.9 Å². The maximum absolute atomic E-state index is 14.7. The van der Waals surface area contributed by atoms with Crippen molar-refractivity contribution in [2.24, 2.45) is 0 Å². The Hall–Kier alpha value is -3.98. The number of halogens is 2. The summed E-state index contributed by atoms with van der Waals surface area (Å²) in [7, 11) is 0. The molecule has 2 aromatic carbocycles. The van der Waals surface area contributed by atoms with Crippen molar-refractivity contribution in [3.63, 3.8) is 0 Å². The van der Waals surface area contributed by atoms with Crippen LogP contribution in [0, 0.1) is 5.82 Å². The third-order valence-corrected chi connectivity index (χ3v) is 6.36. The van der Waals surface area contributed by atoms with Gasteiger partial charge in [0, 0.05) is 48.5 Å². The molecular formula is C25H21ClFN5O3. The fourth-order valence-electron chi connectivity index (χ4n) is 4.29. The van der Waals surface area contributed by atoms with Gasteiger partial charge in [-0.2, -0.15) is 0 Å². The van der Waals surface area contributed by atoms with Gasteiger partial charge in [-0.05, 0) is 48.5 Å². The second kappa shape index (κ2) is 9.34. The topological polar surface area (TPSA) is 91.3 Å². The quantitative estimate of drug-likeness (QED) is 0.472. The van der Waals surface area contributed by atoms with Crippen LogP contribution in [0.2, 0.25) is 5.02 Å². The first-order chi connectivity index (χ1) is 16.9. The van der Waals surface area contributed by atoms with Gasteiger partial charge in [0.2, 0.25) is 0 Å². The monoisotopic (exact) mass is 493 g/mol. The minimum Gasteiger partial charge on any atom is -0.353 e. The number of pyridine rings is 1. The van der Waals surface area contributed by atoms with Gasteiger partial charge >= 0.3 is 5.69 Å². The molecule has 2 aromatic heterocycles. The van der Waals surface area contributed by atoms with E-state index in [-0.39, 0.29) is 23.4 Å². The van der Waals surface area contributed by atoms with Crippen LogP contribution in [0.5, 0.6) is 0 Å². The predicted octanol–water partition coefficient (Wildman–Crippen LogP) is 2.89. The standard InChI is InChI=1S/C25H21ClFN5O3/c26-18-5-7-21-19(14-18)23(33)29-25(35)32(21)15-17-13-16(4-6-20(17)27)24(34)31-11-9-30(10-12-31)22-3-1-2-8-28-22/h1-8,13-14H,9-12,15H2,(H,29,33,35). The Morgan fingerprint density at radius 2 is 1.83 bits per heavy atom. The van der Waals surface area contributed by atoms with Crippen LogP contribution in [-0.4, -0.2) is 51.5 Å². The molecule has 0 unspecified atom stereocenters. The number of carbonyl (C=O) groups is 1. The van der Waals surface area contributed by atoms with Gasteiger partial charge in [0.1, 0.15) is 11.6 Å². The Kier molecular flexibility index (Phi) is 6.08. The van der Waals surface area contributed by atoms with Crippen LogP contribution in [-0.2, 0) is 6.54 Å². The van der Waals surface area contributed by atoms with E-state index < -0.39 is 17.1 Å². The molecule has 8 nitrogen and oxygen atoms in total. The molecule has 0 radical (unpaired) electrons. The third-order valence-electron chi connectivity index (χ3n) is 6.12.